The second kappa shape index (κ2) is 8.51. The lowest BCUT2D eigenvalue weighted by molar-refractivity contribution is -0.125. The minimum atomic E-state index is 0. The van der Waals surface area contributed by atoms with Crippen LogP contribution in [0.5, 0.6) is 0 Å². The molecule has 1 unspecified atom stereocenters. The summed E-state index contributed by atoms with van der Waals surface area (Å²) in [7, 11) is 0. The van der Waals surface area contributed by atoms with Crippen molar-refractivity contribution in [2.45, 2.75) is 18.1 Å². The smallest absolute Gasteiger partial charge is 0.224 e. The van der Waals surface area contributed by atoms with Gasteiger partial charge in [-0.15, -0.1) is 12.4 Å². The molecule has 2 aliphatic rings. The predicted molar refractivity (Wildman–Crippen MR) is 79.4 cm³/mol. The number of hydrogen-bond acceptors (Lipinski definition) is 4. The summed E-state index contributed by atoms with van der Waals surface area (Å²) < 4.78 is 0. The quantitative estimate of drug-likeness (QED) is 0.825. The van der Waals surface area contributed by atoms with E-state index in [1.807, 2.05) is 23.5 Å². The van der Waals surface area contributed by atoms with Crippen molar-refractivity contribution in [3.63, 3.8) is 0 Å². The fraction of sp³-hybridized carbons (Fsp3) is 0.909. The average molecular weight is 297 g/mol. The van der Waals surface area contributed by atoms with Gasteiger partial charge in [0.1, 0.15) is 0 Å². The number of halogens is 1. The lowest BCUT2D eigenvalue weighted by atomic mass is 9.99. The third-order valence-electron chi connectivity index (χ3n) is 3.06. The van der Waals surface area contributed by atoms with E-state index < -0.39 is 0 Å². The lowest BCUT2D eigenvalue weighted by Crippen LogP contribution is -2.43. The average Bonchev–Trinajstić information content (AvgIpc) is 2.38. The van der Waals surface area contributed by atoms with Crippen molar-refractivity contribution in [3.05, 3.63) is 0 Å². The molecule has 1 amide bonds. The van der Waals surface area contributed by atoms with Gasteiger partial charge in [-0.05, 0) is 19.4 Å². The normalized spacial score (nSPS) is 29.2. The van der Waals surface area contributed by atoms with Crippen LogP contribution in [-0.4, -0.2) is 48.0 Å². The SMILES string of the molecule is Cl.O=C(NCC1CSCCS1)[C@@H]1CCCNC1. The van der Waals surface area contributed by atoms with Crippen molar-refractivity contribution < 1.29 is 4.79 Å². The van der Waals surface area contributed by atoms with Crippen molar-refractivity contribution in [1.82, 2.24) is 10.6 Å². The largest absolute Gasteiger partial charge is 0.355 e. The summed E-state index contributed by atoms with van der Waals surface area (Å²) >= 11 is 4.01. The highest BCUT2D eigenvalue weighted by molar-refractivity contribution is 8.06. The van der Waals surface area contributed by atoms with Crippen LogP contribution in [-0.2, 0) is 4.79 Å². The molecule has 0 bridgehead atoms. The minimum Gasteiger partial charge on any atom is -0.355 e. The van der Waals surface area contributed by atoms with E-state index >= 15 is 0 Å². The van der Waals surface area contributed by atoms with Gasteiger partial charge in [0.25, 0.3) is 0 Å². The summed E-state index contributed by atoms with van der Waals surface area (Å²) in [5, 5.41) is 7.02. The molecule has 3 nitrogen and oxygen atoms in total. The van der Waals surface area contributed by atoms with E-state index in [9.17, 15) is 4.79 Å². The predicted octanol–water partition coefficient (Wildman–Crippen LogP) is 1.37. The fourth-order valence-corrected chi connectivity index (χ4v) is 4.70. The molecule has 2 rings (SSSR count). The molecule has 0 aromatic heterocycles. The molecular formula is C11H21ClN2OS2. The maximum Gasteiger partial charge on any atom is 0.224 e. The topological polar surface area (TPSA) is 41.1 Å². The first kappa shape index (κ1) is 15.5. The van der Waals surface area contributed by atoms with Gasteiger partial charge in [0.05, 0.1) is 5.92 Å². The third-order valence-corrected chi connectivity index (χ3v) is 5.90. The number of carbonyl (C=O) groups is 1. The van der Waals surface area contributed by atoms with Crippen LogP contribution in [0.2, 0.25) is 0 Å². The Morgan fingerprint density at radius 1 is 1.41 bits per heavy atom. The molecule has 2 heterocycles. The van der Waals surface area contributed by atoms with Gasteiger partial charge in [-0.25, -0.2) is 0 Å². The van der Waals surface area contributed by atoms with Gasteiger partial charge in [0.2, 0.25) is 5.91 Å². The number of hydrogen-bond donors (Lipinski definition) is 2. The summed E-state index contributed by atoms with van der Waals surface area (Å²) in [4.78, 5) is 11.9. The second-order valence-corrected chi connectivity index (χ2v) is 6.91. The van der Waals surface area contributed by atoms with E-state index in [0.29, 0.717) is 5.25 Å². The van der Waals surface area contributed by atoms with Gasteiger partial charge in [-0.3, -0.25) is 4.79 Å². The highest BCUT2D eigenvalue weighted by Crippen LogP contribution is 2.23. The first-order valence-corrected chi connectivity index (χ1v) is 8.24. The lowest BCUT2D eigenvalue weighted by Gasteiger charge is -2.25. The van der Waals surface area contributed by atoms with Gasteiger partial charge in [-0.2, -0.15) is 23.5 Å². The monoisotopic (exact) mass is 296 g/mol. The number of carbonyl (C=O) groups excluding carboxylic acids is 1. The highest BCUT2D eigenvalue weighted by Gasteiger charge is 2.22. The van der Waals surface area contributed by atoms with Crippen molar-refractivity contribution in [2.24, 2.45) is 5.92 Å². The van der Waals surface area contributed by atoms with Gasteiger partial charge in [0, 0.05) is 35.6 Å². The maximum atomic E-state index is 11.9. The van der Waals surface area contributed by atoms with Gasteiger partial charge >= 0.3 is 0 Å². The summed E-state index contributed by atoms with van der Waals surface area (Å²) in [6, 6.07) is 0. The number of rotatable bonds is 3. The molecule has 0 radical (unpaired) electrons. The van der Waals surface area contributed by atoms with Crippen LogP contribution in [0.4, 0.5) is 0 Å². The molecule has 0 aliphatic carbocycles. The Bertz CT molecular complexity index is 232. The maximum absolute atomic E-state index is 11.9. The van der Waals surface area contributed by atoms with Crippen LogP contribution < -0.4 is 10.6 Å². The van der Waals surface area contributed by atoms with Crippen molar-refractivity contribution in [2.75, 3.05) is 36.9 Å². The van der Waals surface area contributed by atoms with E-state index in [1.54, 1.807) is 0 Å². The Morgan fingerprint density at radius 3 is 2.94 bits per heavy atom. The molecule has 0 spiro atoms. The van der Waals surface area contributed by atoms with E-state index in [2.05, 4.69) is 10.6 Å². The summed E-state index contributed by atoms with van der Waals surface area (Å²) in [5.74, 6) is 4.14. The highest BCUT2D eigenvalue weighted by atomic mass is 35.5. The van der Waals surface area contributed by atoms with Crippen LogP contribution in [0, 0.1) is 5.92 Å². The molecular weight excluding hydrogens is 276 g/mol. The molecule has 2 N–H and O–H groups in total. The summed E-state index contributed by atoms with van der Waals surface area (Å²) in [6.45, 7) is 2.78. The molecule has 100 valence electrons. The van der Waals surface area contributed by atoms with Crippen LogP contribution in [0.1, 0.15) is 12.8 Å². The molecule has 0 aromatic carbocycles. The molecule has 2 fully saturated rings. The summed E-state index contributed by atoms with van der Waals surface area (Å²) in [5.41, 5.74) is 0. The standard InChI is InChI=1S/C11H20N2OS2.ClH/c14-11(9-2-1-3-12-6-9)13-7-10-8-15-4-5-16-10;/h9-10,12H,1-8H2,(H,13,14);1H/t9-,10?;/m1./s1. The van der Waals surface area contributed by atoms with E-state index in [1.165, 1.54) is 17.3 Å². The molecule has 0 saturated carbocycles. The first-order valence-electron chi connectivity index (χ1n) is 6.04. The number of nitrogens with one attached hydrogen (secondary N) is 2. The zero-order chi connectivity index (χ0) is 11.2. The van der Waals surface area contributed by atoms with Crippen molar-refractivity contribution in [3.8, 4) is 0 Å². The Hall–Kier alpha value is 0.420. The Morgan fingerprint density at radius 2 is 2.29 bits per heavy atom. The number of amides is 1. The number of piperidine rings is 1. The third kappa shape index (κ3) is 5.28. The van der Waals surface area contributed by atoms with Gasteiger partial charge < -0.3 is 10.6 Å². The zero-order valence-electron chi connectivity index (χ0n) is 9.94. The molecule has 6 heteroatoms. The molecule has 17 heavy (non-hydrogen) atoms. The van der Waals surface area contributed by atoms with Crippen LogP contribution >= 0.6 is 35.9 Å². The van der Waals surface area contributed by atoms with Crippen molar-refractivity contribution >= 4 is 41.8 Å². The van der Waals surface area contributed by atoms with Crippen LogP contribution in [0.15, 0.2) is 0 Å². The van der Waals surface area contributed by atoms with Crippen molar-refractivity contribution in [1.29, 1.82) is 0 Å². The van der Waals surface area contributed by atoms with E-state index in [0.717, 1.165) is 32.5 Å². The Balaban J connectivity index is 0.00000144. The second-order valence-electron chi connectivity index (χ2n) is 4.36. The minimum absolute atomic E-state index is 0. The Kier molecular flexibility index (Phi) is 7.75. The molecule has 2 atom stereocenters. The van der Waals surface area contributed by atoms with E-state index in [-0.39, 0.29) is 24.2 Å². The molecule has 0 aromatic rings. The first-order chi connectivity index (χ1) is 7.86. The number of thioether (sulfide) groups is 2. The zero-order valence-corrected chi connectivity index (χ0v) is 12.4. The molecule has 2 aliphatic heterocycles. The van der Waals surface area contributed by atoms with Crippen LogP contribution in [0.25, 0.3) is 0 Å². The van der Waals surface area contributed by atoms with Gasteiger partial charge in [-0.1, -0.05) is 0 Å². The molecule has 2 saturated heterocycles. The summed E-state index contributed by atoms with van der Waals surface area (Å²) in [6.07, 6.45) is 2.18. The van der Waals surface area contributed by atoms with Gasteiger partial charge in [0.15, 0.2) is 0 Å². The Labute approximate surface area is 118 Å². The fourth-order valence-electron chi connectivity index (χ4n) is 2.09. The van der Waals surface area contributed by atoms with E-state index in [4.69, 9.17) is 0 Å². The van der Waals surface area contributed by atoms with Crippen LogP contribution in [0.3, 0.4) is 0 Å².